The quantitative estimate of drug-likeness (QED) is 0.124. The van der Waals surface area contributed by atoms with Gasteiger partial charge in [-0.2, -0.15) is 0 Å². The Morgan fingerprint density at radius 2 is 1.65 bits per heavy atom. The molecule has 0 amide bonds. The SMILES string of the molecule is CC[C@H]1OC(=O)[C@H](C)[C@@H](O[C@H]2C[C@@](C)(OC)[C@@H](O)[C@H](C)O2)[C@H](C)[C@@H](O[C@@H]2O[C@H](C)C[C@H](N(C)C)[C@H]2O)[C@](C)(O)C[C@@H](C)CN(CCCNCc2ccnc3ccccc23)[C@H](C)[C@@H](O)[C@]1(C)O. The number of nitrogens with zero attached hydrogens (tertiary/aromatic N) is 3. The first-order valence-corrected chi connectivity index (χ1v) is 24.3. The van der Waals surface area contributed by atoms with E-state index >= 15 is 0 Å². The molecule has 3 aliphatic heterocycles. The number of likely N-dealkylation sites (N-methyl/N-ethyl adjacent to an activating group) is 1. The van der Waals surface area contributed by atoms with Gasteiger partial charge in [0.25, 0.3) is 0 Å². The number of rotatable bonds is 13. The third-order valence-electron chi connectivity index (χ3n) is 14.9. The van der Waals surface area contributed by atoms with E-state index in [2.05, 4.69) is 21.3 Å². The van der Waals surface area contributed by atoms with Gasteiger partial charge in [0, 0.05) is 56.2 Å². The second-order valence-electron chi connectivity index (χ2n) is 20.7. The Balaban J connectivity index is 1.50. The molecule has 0 bridgehead atoms. The van der Waals surface area contributed by atoms with E-state index < -0.39 is 96.0 Å². The van der Waals surface area contributed by atoms with E-state index in [1.807, 2.05) is 77.2 Å². The van der Waals surface area contributed by atoms with Crippen molar-refractivity contribution in [3.05, 3.63) is 42.1 Å². The minimum atomic E-state index is -1.86. The number of para-hydroxylation sites is 1. The average Bonchev–Trinajstić information content (AvgIpc) is 3.26. The van der Waals surface area contributed by atoms with Crippen LogP contribution >= 0.6 is 0 Å². The number of methoxy groups -OCH3 is 1. The van der Waals surface area contributed by atoms with Gasteiger partial charge >= 0.3 is 5.97 Å². The van der Waals surface area contributed by atoms with Crippen LogP contribution in [-0.4, -0.2) is 177 Å². The van der Waals surface area contributed by atoms with Crippen molar-refractivity contribution in [1.29, 1.82) is 0 Å². The molecule has 2 aromatic rings. The van der Waals surface area contributed by atoms with Crippen LogP contribution < -0.4 is 5.32 Å². The largest absolute Gasteiger partial charge is 0.459 e. The van der Waals surface area contributed by atoms with Gasteiger partial charge in [0.2, 0.25) is 0 Å². The molecule has 1 aromatic carbocycles. The summed E-state index contributed by atoms with van der Waals surface area (Å²) in [4.78, 5) is 23.1. The molecule has 66 heavy (non-hydrogen) atoms. The fourth-order valence-corrected chi connectivity index (χ4v) is 10.8. The smallest absolute Gasteiger partial charge is 0.311 e. The summed E-state index contributed by atoms with van der Waals surface area (Å²) in [6, 6.07) is 9.17. The van der Waals surface area contributed by atoms with Crippen LogP contribution in [0.5, 0.6) is 0 Å². The summed E-state index contributed by atoms with van der Waals surface area (Å²) >= 11 is 0. The number of pyridine rings is 1. The predicted octanol–water partition coefficient (Wildman–Crippen LogP) is 4.00. The molecule has 3 saturated heterocycles. The molecule has 0 unspecified atom stereocenters. The Labute approximate surface area is 393 Å². The van der Waals surface area contributed by atoms with E-state index in [0.717, 1.165) is 16.5 Å². The van der Waals surface area contributed by atoms with Crippen molar-refractivity contribution in [3.63, 3.8) is 0 Å². The summed E-state index contributed by atoms with van der Waals surface area (Å²) < 4.78 is 38.2. The molecule has 3 aliphatic rings. The van der Waals surface area contributed by atoms with Gasteiger partial charge in [-0.3, -0.25) is 14.7 Å². The van der Waals surface area contributed by atoms with Crippen molar-refractivity contribution in [1.82, 2.24) is 20.1 Å². The number of fused-ring (bicyclic) bond motifs is 1. The predicted molar refractivity (Wildman–Crippen MR) is 251 cm³/mol. The zero-order valence-electron chi connectivity index (χ0n) is 41.9. The molecule has 0 aliphatic carbocycles. The molecular formula is C50H84N4O12. The summed E-state index contributed by atoms with van der Waals surface area (Å²) in [6.45, 7) is 20.1. The van der Waals surface area contributed by atoms with Crippen molar-refractivity contribution in [2.24, 2.45) is 17.8 Å². The summed E-state index contributed by atoms with van der Waals surface area (Å²) in [7, 11) is 5.30. The number of aliphatic hydroxyl groups excluding tert-OH is 3. The maximum Gasteiger partial charge on any atom is 0.311 e. The van der Waals surface area contributed by atoms with Crippen LogP contribution in [0, 0.1) is 17.8 Å². The summed E-state index contributed by atoms with van der Waals surface area (Å²) in [5, 5.41) is 64.7. The van der Waals surface area contributed by atoms with Gasteiger partial charge in [0.15, 0.2) is 12.6 Å². The van der Waals surface area contributed by atoms with Crippen molar-refractivity contribution >= 4 is 16.9 Å². The standard InChI is InChI=1S/C50H84N4O12/c1-14-39-50(10,60)43(56)33(6)54(23-17-21-51-27-35-20-22-52-37-19-16-15-18-36(35)37)28-29(2)25-48(8,59)45(66-47-41(55)38(53(11)12)24-30(3)62-47)31(4)42(32(5)46(58)64-39)65-40-26-49(9,61-13)44(57)34(7)63-40/h15-16,18-20,22,29-34,38-45,47,51,55-57,59-60H,14,17,21,23-28H2,1-13H3/t29-,30-,31+,32-,33-,34+,38+,39-,40+,41-,42+,43-,44+,45-,47+,48-,49-,50-/m1/s1. The van der Waals surface area contributed by atoms with Crippen LogP contribution in [0.2, 0.25) is 0 Å². The number of esters is 1. The maximum absolute atomic E-state index is 14.6. The van der Waals surface area contributed by atoms with E-state index in [1.165, 1.54) is 14.0 Å². The first-order chi connectivity index (χ1) is 30.9. The number of benzene rings is 1. The molecule has 16 nitrogen and oxygen atoms in total. The molecular weight excluding hydrogens is 849 g/mol. The van der Waals surface area contributed by atoms with Crippen LogP contribution in [0.15, 0.2) is 36.5 Å². The Bertz CT molecular complexity index is 1830. The number of ether oxygens (including phenoxy) is 6. The lowest BCUT2D eigenvalue weighted by atomic mass is 9.77. The number of nitrogens with one attached hydrogen (secondary N) is 1. The van der Waals surface area contributed by atoms with Gasteiger partial charge < -0.3 is 64.2 Å². The lowest BCUT2D eigenvalue weighted by molar-refractivity contribution is -0.318. The van der Waals surface area contributed by atoms with E-state index in [-0.39, 0.29) is 37.3 Å². The van der Waals surface area contributed by atoms with Crippen LogP contribution in [0.3, 0.4) is 0 Å². The second-order valence-corrected chi connectivity index (χ2v) is 20.7. The molecule has 1 aromatic heterocycles. The van der Waals surface area contributed by atoms with Crippen molar-refractivity contribution in [2.75, 3.05) is 40.8 Å². The minimum absolute atomic E-state index is 0.119. The molecule has 5 rings (SSSR count). The van der Waals surface area contributed by atoms with Gasteiger partial charge in [-0.1, -0.05) is 39.0 Å². The molecule has 4 heterocycles. The first kappa shape index (κ1) is 54.5. The number of aliphatic hydroxyl groups is 5. The Morgan fingerprint density at radius 3 is 2.32 bits per heavy atom. The summed E-state index contributed by atoms with van der Waals surface area (Å²) in [6.07, 6.45) is -6.07. The van der Waals surface area contributed by atoms with Gasteiger partial charge in [-0.05, 0) is 125 Å². The average molecular weight is 933 g/mol. The third-order valence-corrected chi connectivity index (χ3v) is 14.9. The normalized spacial score (nSPS) is 41.6. The van der Waals surface area contributed by atoms with Crippen LogP contribution in [-0.2, 0) is 39.8 Å². The fraction of sp³-hybridized carbons (Fsp3) is 0.800. The number of cyclic esters (lactones) is 1. The summed E-state index contributed by atoms with van der Waals surface area (Å²) in [5.74, 6) is -2.72. The number of carbonyl (C=O) groups is 1. The lowest BCUT2D eigenvalue weighted by Crippen LogP contribution is -2.60. The molecule has 6 N–H and O–H groups in total. The van der Waals surface area contributed by atoms with Gasteiger partial charge in [0.05, 0.1) is 47.1 Å². The molecule has 376 valence electrons. The fourth-order valence-electron chi connectivity index (χ4n) is 10.8. The number of hydrogen-bond donors (Lipinski definition) is 6. The Hall–Kier alpha value is -2.42. The lowest BCUT2D eigenvalue weighted by Gasteiger charge is -2.48. The first-order valence-electron chi connectivity index (χ1n) is 24.3. The number of hydrogen-bond acceptors (Lipinski definition) is 16. The van der Waals surface area contributed by atoms with Crippen molar-refractivity contribution < 1.29 is 58.7 Å². The number of aromatic nitrogens is 1. The Morgan fingerprint density at radius 1 is 0.955 bits per heavy atom. The highest BCUT2D eigenvalue weighted by molar-refractivity contribution is 5.81. The molecule has 3 fully saturated rings. The van der Waals surface area contributed by atoms with Crippen LogP contribution in [0.4, 0.5) is 0 Å². The highest BCUT2D eigenvalue weighted by Crippen LogP contribution is 2.40. The van der Waals surface area contributed by atoms with Crippen molar-refractivity contribution in [3.8, 4) is 0 Å². The van der Waals surface area contributed by atoms with Crippen LogP contribution in [0.25, 0.3) is 10.9 Å². The van der Waals surface area contributed by atoms with Gasteiger partial charge in [0.1, 0.15) is 30.0 Å². The highest BCUT2D eigenvalue weighted by atomic mass is 16.7. The topological polar surface area (TPSA) is 205 Å². The zero-order valence-corrected chi connectivity index (χ0v) is 41.9. The Kier molecular flexibility index (Phi) is 19.0. The van der Waals surface area contributed by atoms with E-state index in [9.17, 15) is 30.3 Å². The third kappa shape index (κ3) is 12.7. The second kappa shape index (κ2) is 23.0. The van der Waals surface area contributed by atoms with Crippen LogP contribution in [0.1, 0.15) is 107 Å². The van der Waals surface area contributed by atoms with E-state index in [0.29, 0.717) is 39.0 Å². The maximum atomic E-state index is 14.6. The van der Waals surface area contributed by atoms with E-state index in [4.69, 9.17) is 28.4 Å². The zero-order chi connectivity index (χ0) is 48.9. The monoisotopic (exact) mass is 933 g/mol. The molecule has 18 atom stereocenters. The molecule has 0 saturated carbocycles. The van der Waals surface area contributed by atoms with Crippen molar-refractivity contribution in [2.45, 2.75) is 198 Å². The summed E-state index contributed by atoms with van der Waals surface area (Å²) in [5.41, 5.74) is -2.44. The minimum Gasteiger partial charge on any atom is -0.459 e. The molecule has 0 spiro atoms. The van der Waals surface area contributed by atoms with E-state index in [1.54, 1.807) is 34.6 Å². The molecule has 16 heteroatoms. The van der Waals surface area contributed by atoms with Gasteiger partial charge in [-0.15, -0.1) is 0 Å². The van der Waals surface area contributed by atoms with Gasteiger partial charge in [-0.25, -0.2) is 0 Å². The highest BCUT2D eigenvalue weighted by Gasteiger charge is 2.53. The number of carbonyl (C=O) groups excluding carboxylic acids is 1. The molecule has 0 radical (unpaired) electrons.